The number of benzene rings is 1. The molecule has 0 radical (unpaired) electrons. The van der Waals surface area contributed by atoms with Crippen molar-refractivity contribution in [3.05, 3.63) is 28.2 Å². The minimum atomic E-state index is -0.912. The molecule has 0 aliphatic carbocycles. The van der Waals surface area contributed by atoms with Crippen molar-refractivity contribution >= 4 is 27.6 Å². The van der Waals surface area contributed by atoms with Crippen LogP contribution in [0.3, 0.4) is 0 Å². The molecule has 0 fully saturated rings. The molecule has 1 rings (SSSR count). The molecule has 1 aromatic carbocycles. The summed E-state index contributed by atoms with van der Waals surface area (Å²) >= 11 is 3.26. The molecule has 0 bridgehead atoms. The van der Waals surface area contributed by atoms with Crippen molar-refractivity contribution in [1.29, 1.82) is 0 Å². The van der Waals surface area contributed by atoms with Gasteiger partial charge in [0.2, 0.25) is 0 Å². The molecule has 0 aliphatic heterocycles. The van der Waals surface area contributed by atoms with Crippen LogP contribution in [0.4, 0.5) is 5.69 Å². The number of carboxylic acids is 1. The predicted molar refractivity (Wildman–Crippen MR) is 64.6 cm³/mol. The number of hydrogen-bond acceptors (Lipinski definition) is 2. The van der Waals surface area contributed by atoms with Gasteiger partial charge in [-0.15, -0.1) is 0 Å². The molecule has 0 aliphatic rings. The van der Waals surface area contributed by atoms with Crippen LogP contribution in [0.2, 0.25) is 0 Å². The molecule has 0 saturated heterocycles. The van der Waals surface area contributed by atoms with Crippen LogP contribution in [0.25, 0.3) is 0 Å². The second-order valence-electron chi connectivity index (χ2n) is 3.64. The minimum absolute atomic E-state index is 0.261. The first-order valence-corrected chi connectivity index (χ1v) is 5.49. The first-order chi connectivity index (χ1) is 6.95. The molecule has 0 aromatic heterocycles. The Morgan fingerprint density at radius 3 is 2.53 bits per heavy atom. The topological polar surface area (TPSA) is 40.5 Å². The summed E-state index contributed by atoms with van der Waals surface area (Å²) in [6, 6.07) is 5.65. The molecule has 82 valence electrons. The molecule has 3 nitrogen and oxygen atoms in total. The van der Waals surface area contributed by atoms with Gasteiger partial charge in [-0.3, -0.25) is 0 Å². The highest BCUT2D eigenvalue weighted by Gasteiger charge is 2.17. The highest BCUT2D eigenvalue weighted by Crippen LogP contribution is 2.28. The second kappa shape index (κ2) is 4.66. The number of halogens is 1. The zero-order chi connectivity index (χ0) is 11.6. The van der Waals surface area contributed by atoms with Crippen molar-refractivity contribution in [2.75, 3.05) is 11.9 Å². The fraction of sp³-hybridized carbons (Fsp3) is 0.364. The number of hydrogen-bond donors (Lipinski definition) is 1. The Morgan fingerprint density at radius 1 is 1.47 bits per heavy atom. The molecule has 1 aromatic rings. The van der Waals surface area contributed by atoms with Crippen LogP contribution in [0.15, 0.2) is 22.7 Å². The standard InChI is InChI=1S/C11H14BrNO2/c1-7(2)13(3)9-6-4-5-8(12)10(9)11(14)15/h4-7H,1-3H3,(H,14,15). The van der Waals surface area contributed by atoms with Gasteiger partial charge in [0, 0.05) is 17.6 Å². The van der Waals surface area contributed by atoms with E-state index in [1.165, 1.54) is 0 Å². The summed E-state index contributed by atoms with van der Waals surface area (Å²) in [4.78, 5) is 13.1. The van der Waals surface area contributed by atoms with E-state index in [1.807, 2.05) is 37.9 Å². The maximum absolute atomic E-state index is 11.1. The van der Waals surface area contributed by atoms with Gasteiger partial charge in [0.15, 0.2) is 0 Å². The molecule has 15 heavy (non-hydrogen) atoms. The van der Waals surface area contributed by atoms with E-state index in [2.05, 4.69) is 15.9 Å². The summed E-state index contributed by atoms with van der Waals surface area (Å²) in [7, 11) is 1.89. The summed E-state index contributed by atoms with van der Waals surface area (Å²) in [5.41, 5.74) is 1.04. The molecule has 0 spiro atoms. The highest BCUT2D eigenvalue weighted by molar-refractivity contribution is 9.10. The monoisotopic (exact) mass is 271 g/mol. The maximum atomic E-state index is 11.1. The van der Waals surface area contributed by atoms with Crippen molar-refractivity contribution in [1.82, 2.24) is 0 Å². The van der Waals surface area contributed by atoms with Gasteiger partial charge in [0.1, 0.15) is 0 Å². The van der Waals surface area contributed by atoms with Crippen molar-refractivity contribution in [2.45, 2.75) is 19.9 Å². The molecule has 0 unspecified atom stereocenters. The van der Waals surface area contributed by atoms with Crippen molar-refractivity contribution in [2.24, 2.45) is 0 Å². The third-order valence-corrected chi connectivity index (χ3v) is 3.02. The minimum Gasteiger partial charge on any atom is -0.478 e. The molecular formula is C11H14BrNO2. The first kappa shape index (κ1) is 12.0. The van der Waals surface area contributed by atoms with Crippen molar-refractivity contribution in [3.63, 3.8) is 0 Å². The predicted octanol–water partition coefficient (Wildman–Crippen LogP) is 2.99. The Kier molecular flexibility index (Phi) is 3.74. The van der Waals surface area contributed by atoms with E-state index >= 15 is 0 Å². The number of rotatable bonds is 3. The lowest BCUT2D eigenvalue weighted by atomic mass is 10.1. The molecule has 0 atom stereocenters. The van der Waals surface area contributed by atoms with Crippen LogP contribution in [-0.2, 0) is 0 Å². The number of nitrogens with zero attached hydrogens (tertiary/aromatic N) is 1. The largest absolute Gasteiger partial charge is 0.478 e. The SMILES string of the molecule is CC(C)N(C)c1cccc(Br)c1C(=O)O. The first-order valence-electron chi connectivity index (χ1n) is 4.69. The molecular weight excluding hydrogens is 258 g/mol. The van der Waals surface area contributed by atoms with Crippen molar-refractivity contribution < 1.29 is 9.90 Å². The zero-order valence-corrected chi connectivity index (χ0v) is 10.6. The molecule has 0 amide bonds. The van der Waals surface area contributed by atoms with Crippen LogP contribution in [0.1, 0.15) is 24.2 Å². The Labute approximate surface area is 97.8 Å². The van der Waals surface area contributed by atoms with Gasteiger partial charge < -0.3 is 10.0 Å². The van der Waals surface area contributed by atoms with Gasteiger partial charge in [-0.25, -0.2) is 4.79 Å². The Balaban J connectivity index is 3.29. The highest BCUT2D eigenvalue weighted by atomic mass is 79.9. The fourth-order valence-corrected chi connectivity index (χ4v) is 1.82. The van der Waals surface area contributed by atoms with E-state index in [4.69, 9.17) is 5.11 Å². The normalized spacial score (nSPS) is 10.5. The van der Waals surface area contributed by atoms with Crippen LogP contribution in [-0.4, -0.2) is 24.2 Å². The van der Waals surface area contributed by atoms with Gasteiger partial charge >= 0.3 is 5.97 Å². The van der Waals surface area contributed by atoms with E-state index in [1.54, 1.807) is 6.07 Å². The Bertz CT molecular complexity index is 377. The van der Waals surface area contributed by atoms with Crippen LogP contribution in [0.5, 0.6) is 0 Å². The molecule has 0 saturated carbocycles. The van der Waals surface area contributed by atoms with E-state index < -0.39 is 5.97 Å². The van der Waals surface area contributed by atoms with Crippen molar-refractivity contribution in [3.8, 4) is 0 Å². The number of carbonyl (C=O) groups is 1. The fourth-order valence-electron chi connectivity index (χ4n) is 1.30. The van der Waals surface area contributed by atoms with E-state index in [0.717, 1.165) is 5.69 Å². The third kappa shape index (κ3) is 2.50. The zero-order valence-electron chi connectivity index (χ0n) is 8.99. The van der Waals surface area contributed by atoms with Gasteiger partial charge in [-0.1, -0.05) is 6.07 Å². The summed E-state index contributed by atoms with van der Waals surface area (Å²) in [6.07, 6.45) is 0. The van der Waals surface area contributed by atoms with Crippen LogP contribution < -0.4 is 4.90 Å². The van der Waals surface area contributed by atoms with E-state index in [-0.39, 0.29) is 6.04 Å². The lowest BCUT2D eigenvalue weighted by molar-refractivity contribution is 0.0696. The molecule has 4 heteroatoms. The van der Waals surface area contributed by atoms with E-state index in [9.17, 15) is 4.79 Å². The van der Waals surface area contributed by atoms with Gasteiger partial charge in [0.05, 0.1) is 11.3 Å². The second-order valence-corrected chi connectivity index (χ2v) is 4.50. The lowest BCUT2D eigenvalue weighted by Crippen LogP contribution is -2.27. The van der Waals surface area contributed by atoms with E-state index in [0.29, 0.717) is 10.0 Å². The average molecular weight is 272 g/mol. The lowest BCUT2D eigenvalue weighted by Gasteiger charge is -2.25. The van der Waals surface area contributed by atoms with Gasteiger partial charge in [-0.2, -0.15) is 0 Å². The van der Waals surface area contributed by atoms with Crippen LogP contribution in [0, 0.1) is 0 Å². The summed E-state index contributed by atoms with van der Waals surface area (Å²) < 4.78 is 0.611. The summed E-state index contributed by atoms with van der Waals surface area (Å²) in [6.45, 7) is 4.04. The Hall–Kier alpha value is -1.03. The summed E-state index contributed by atoms with van der Waals surface area (Å²) in [5.74, 6) is -0.912. The Morgan fingerprint density at radius 2 is 2.07 bits per heavy atom. The molecule has 1 N–H and O–H groups in total. The van der Waals surface area contributed by atoms with Gasteiger partial charge in [0.25, 0.3) is 0 Å². The van der Waals surface area contributed by atoms with Gasteiger partial charge in [-0.05, 0) is 41.9 Å². The summed E-state index contributed by atoms with van der Waals surface area (Å²) in [5, 5.41) is 9.12. The number of aromatic carboxylic acids is 1. The quantitative estimate of drug-likeness (QED) is 0.919. The number of carboxylic acid groups (broad SMARTS) is 1. The number of anilines is 1. The maximum Gasteiger partial charge on any atom is 0.338 e. The third-order valence-electron chi connectivity index (χ3n) is 2.36. The average Bonchev–Trinajstić information content (AvgIpc) is 2.15. The molecule has 0 heterocycles. The van der Waals surface area contributed by atoms with Crippen LogP contribution >= 0.6 is 15.9 Å². The smallest absolute Gasteiger partial charge is 0.338 e.